The van der Waals surface area contributed by atoms with Gasteiger partial charge in [-0.05, 0) is 46.4 Å². The third-order valence-corrected chi connectivity index (χ3v) is 5.28. The lowest BCUT2D eigenvalue weighted by molar-refractivity contribution is -0.138. The Labute approximate surface area is 186 Å². The van der Waals surface area contributed by atoms with Crippen molar-refractivity contribution in [1.82, 2.24) is 9.97 Å². The summed E-state index contributed by atoms with van der Waals surface area (Å²) in [6.45, 7) is 0.373. The third-order valence-electron chi connectivity index (χ3n) is 5.28. The first-order valence-corrected chi connectivity index (χ1v) is 9.37. The molecule has 0 radical (unpaired) electrons. The van der Waals surface area contributed by atoms with Gasteiger partial charge in [0.2, 0.25) is 0 Å². The number of rotatable bonds is 4. The summed E-state index contributed by atoms with van der Waals surface area (Å²) in [7, 11) is 1.17. The maximum absolute atomic E-state index is 13.9. The predicted octanol–water partition coefficient (Wildman–Crippen LogP) is 3.74. The van der Waals surface area contributed by atoms with Crippen LogP contribution in [0.15, 0.2) is 52.2 Å². The molecule has 0 fully saturated rings. The molecule has 1 aliphatic carbocycles. The number of fused-ring (bicyclic) bond motifs is 1. The SMILES string of the molecule is COc1c(-c2ccc3c(c2)CC=C3CN)cc(-c2c[nH]c(=O)[nH]c2=O)cc1C(F)(F)F.Cl. The van der Waals surface area contributed by atoms with Gasteiger partial charge in [0.1, 0.15) is 5.75 Å². The molecule has 0 aliphatic heterocycles. The van der Waals surface area contributed by atoms with E-state index in [1.807, 2.05) is 17.1 Å². The molecule has 32 heavy (non-hydrogen) atoms. The molecule has 0 saturated heterocycles. The molecule has 1 heterocycles. The highest BCUT2D eigenvalue weighted by Crippen LogP contribution is 2.45. The lowest BCUT2D eigenvalue weighted by atomic mass is 9.93. The van der Waals surface area contributed by atoms with Gasteiger partial charge in [0.25, 0.3) is 5.56 Å². The first-order chi connectivity index (χ1) is 14.7. The van der Waals surface area contributed by atoms with Crippen LogP contribution in [0, 0.1) is 0 Å². The van der Waals surface area contributed by atoms with Crippen LogP contribution in [0.4, 0.5) is 13.2 Å². The minimum Gasteiger partial charge on any atom is -0.495 e. The van der Waals surface area contributed by atoms with E-state index in [0.29, 0.717) is 18.5 Å². The largest absolute Gasteiger partial charge is 0.495 e. The normalized spacial score (nSPS) is 12.7. The van der Waals surface area contributed by atoms with Crippen molar-refractivity contribution in [2.24, 2.45) is 5.73 Å². The average molecular weight is 466 g/mol. The van der Waals surface area contributed by atoms with Gasteiger partial charge in [-0.1, -0.05) is 24.3 Å². The Morgan fingerprint density at radius 2 is 1.81 bits per heavy atom. The number of aromatic amines is 2. The lowest BCUT2D eigenvalue weighted by Crippen LogP contribution is -2.22. The van der Waals surface area contributed by atoms with Crippen molar-refractivity contribution in [2.75, 3.05) is 13.7 Å². The lowest BCUT2D eigenvalue weighted by Gasteiger charge is -2.18. The fourth-order valence-electron chi connectivity index (χ4n) is 3.83. The Kier molecular flexibility index (Phi) is 6.34. The molecule has 1 aliphatic rings. The summed E-state index contributed by atoms with van der Waals surface area (Å²) < 4.78 is 46.7. The van der Waals surface area contributed by atoms with Crippen molar-refractivity contribution in [2.45, 2.75) is 12.6 Å². The highest BCUT2D eigenvalue weighted by molar-refractivity contribution is 5.85. The van der Waals surface area contributed by atoms with Crippen molar-refractivity contribution in [3.8, 4) is 28.0 Å². The Hall–Kier alpha value is -3.30. The van der Waals surface area contributed by atoms with Gasteiger partial charge in [0.05, 0.1) is 18.2 Å². The fourth-order valence-corrected chi connectivity index (χ4v) is 3.83. The molecular formula is C22H19ClF3N3O3. The molecule has 0 unspecified atom stereocenters. The number of halogens is 4. The quantitative estimate of drug-likeness (QED) is 0.546. The molecule has 6 nitrogen and oxygen atoms in total. The van der Waals surface area contributed by atoms with Gasteiger partial charge in [-0.15, -0.1) is 12.4 Å². The van der Waals surface area contributed by atoms with Crippen molar-refractivity contribution in [3.63, 3.8) is 0 Å². The number of benzene rings is 2. The van der Waals surface area contributed by atoms with Gasteiger partial charge in [-0.3, -0.25) is 9.78 Å². The van der Waals surface area contributed by atoms with Crippen LogP contribution in [-0.2, 0) is 12.6 Å². The number of alkyl halides is 3. The molecule has 168 valence electrons. The third kappa shape index (κ3) is 4.09. The molecule has 4 rings (SSSR count). The number of hydrogen-bond acceptors (Lipinski definition) is 4. The maximum atomic E-state index is 13.9. The van der Waals surface area contributed by atoms with Gasteiger partial charge >= 0.3 is 11.9 Å². The van der Waals surface area contributed by atoms with E-state index in [0.717, 1.165) is 29.0 Å². The van der Waals surface area contributed by atoms with Gasteiger partial charge in [0.15, 0.2) is 0 Å². The van der Waals surface area contributed by atoms with E-state index in [4.69, 9.17) is 10.5 Å². The van der Waals surface area contributed by atoms with E-state index in [9.17, 15) is 22.8 Å². The molecular weight excluding hydrogens is 447 g/mol. The number of ether oxygens (including phenoxy) is 1. The summed E-state index contributed by atoms with van der Waals surface area (Å²) in [5.41, 5.74) is 6.68. The first kappa shape index (κ1) is 23.4. The summed E-state index contributed by atoms with van der Waals surface area (Å²) in [4.78, 5) is 27.9. The summed E-state index contributed by atoms with van der Waals surface area (Å²) in [6.07, 6.45) is -1.02. The number of nitrogens with one attached hydrogen (secondary N) is 2. The zero-order chi connectivity index (χ0) is 22.3. The second kappa shape index (κ2) is 8.68. The second-order valence-corrected chi connectivity index (χ2v) is 7.10. The average Bonchev–Trinajstić information content (AvgIpc) is 3.14. The molecule has 0 spiro atoms. The Morgan fingerprint density at radius 1 is 1.06 bits per heavy atom. The molecule has 0 amide bonds. The van der Waals surface area contributed by atoms with Crippen LogP contribution in [0.5, 0.6) is 5.75 Å². The van der Waals surface area contributed by atoms with Crippen molar-refractivity contribution >= 4 is 18.0 Å². The van der Waals surface area contributed by atoms with Crippen LogP contribution < -0.4 is 21.7 Å². The number of allylic oxidation sites excluding steroid dienone is 1. The number of nitrogens with two attached hydrogens (primary N) is 1. The van der Waals surface area contributed by atoms with Crippen molar-refractivity contribution in [1.29, 1.82) is 0 Å². The molecule has 0 bridgehead atoms. The number of hydrogen-bond donors (Lipinski definition) is 3. The Bertz CT molecular complexity index is 1330. The summed E-state index contributed by atoms with van der Waals surface area (Å²) in [6, 6.07) is 7.61. The van der Waals surface area contributed by atoms with E-state index < -0.39 is 23.0 Å². The van der Waals surface area contributed by atoms with Gasteiger partial charge in [-0.25, -0.2) is 4.79 Å². The Morgan fingerprint density at radius 3 is 2.44 bits per heavy atom. The Balaban J connectivity index is 0.00000289. The number of aromatic nitrogens is 2. The summed E-state index contributed by atoms with van der Waals surface area (Å²) in [5.74, 6) is -0.345. The minimum atomic E-state index is -4.73. The van der Waals surface area contributed by atoms with E-state index in [-0.39, 0.29) is 34.8 Å². The van der Waals surface area contributed by atoms with E-state index in [1.54, 1.807) is 12.1 Å². The van der Waals surface area contributed by atoms with Crippen LogP contribution in [0.3, 0.4) is 0 Å². The summed E-state index contributed by atoms with van der Waals surface area (Å²) >= 11 is 0. The van der Waals surface area contributed by atoms with Crippen molar-refractivity contribution in [3.05, 3.63) is 80.1 Å². The van der Waals surface area contributed by atoms with Crippen molar-refractivity contribution < 1.29 is 17.9 Å². The standard InChI is InChI=1S/C22H18F3N3O3.ClH/c1-31-19-16(12-4-5-15-11(6-12)2-3-13(15)9-26)7-14(8-18(19)22(23,24)25)17-10-27-21(30)28-20(17)29;/h3-8,10H,2,9,26H2,1H3,(H2,27,28,29,30);1H. The number of H-pyrrole nitrogens is 2. The molecule has 4 N–H and O–H groups in total. The van der Waals surface area contributed by atoms with Gasteiger partial charge < -0.3 is 15.5 Å². The van der Waals surface area contributed by atoms with Crippen LogP contribution in [-0.4, -0.2) is 23.6 Å². The zero-order valence-corrected chi connectivity index (χ0v) is 17.6. The molecule has 10 heteroatoms. The smallest absolute Gasteiger partial charge is 0.420 e. The van der Waals surface area contributed by atoms with E-state index in [1.165, 1.54) is 13.2 Å². The molecule has 1 aromatic heterocycles. The molecule has 0 atom stereocenters. The van der Waals surface area contributed by atoms with Crippen LogP contribution in [0.1, 0.15) is 16.7 Å². The molecule has 3 aromatic rings. The second-order valence-electron chi connectivity index (χ2n) is 7.10. The first-order valence-electron chi connectivity index (χ1n) is 9.37. The molecule has 2 aromatic carbocycles. The van der Waals surface area contributed by atoms with Gasteiger partial charge in [0, 0.05) is 18.3 Å². The molecule has 0 saturated carbocycles. The van der Waals surface area contributed by atoms with E-state index in [2.05, 4.69) is 4.98 Å². The maximum Gasteiger partial charge on any atom is 0.420 e. The summed E-state index contributed by atoms with van der Waals surface area (Å²) in [5, 5.41) is 0. The zero-order valence-electron chi connectivity index (χ0n) is 16.8. The van der Waals surface area contributed by atoms with Crippen LogP contribution in [0.25, 0.3) is 27.8 Å². The number of methoxy groups -OCH3 is 1. The topological polar surface area (TPSA) is 101 Å². The van der Waals surface area contributed by atoms with Crippen LogP contribution >= 0.6 is 12.4 Å². The van der Waals surface area contributed by atoms with E-state index >= 15 is 0 Å². The highest BCUT2D eigenvalue weighted by atomic mass is 35.5. The van der Waals surface area contributed by atoms with Gasteiger partial charge in [-0.2, -0.15) is 13.2 Å². The monoisotopic (exact) mass is 465 g/mol. The highest BCUT2D eigenvalue weighted by Gasteiger charge is 2.36. The fraction of sp³-hybridized carbons (Fsp3) is 0.182. The predicted molar refractivity (Wildman–Crippen MR) is 118 cm³/mol. The minimum absolute atomic E-state index is 0. The van der Waals surface area contributed by atoms with Crippen LogP contribution in [0.2, 0.25) is 0 Å².